The maximum Gasteiger partial charge on any atom is 0.503 e. The summed E-state index contributed by atoms with van der Waals surface area (Å²) in [6.07, 6.45) is -0.0557. The van der Waals surface area contributed by atoms with Crippen LogP contribution in [-0.2, 0) is 0 Å². The molecule has 0 aromatic heterocycles. The van der Waals surface area contributed by atoms with Crippen molar-refractivity contribution in [3.8, 4) is 0 Å². The molecule has 0 amide bonds. The van der Waals surface area contributed by atoms with Crippen molar-refractivity contribution in [3.05, 3.63) is 84.1 Å². The molecule has 118 valence electrons. The Hall–Kier alpha value is -2.69. The second-order valence-corrected chi connectivity index (χ2v) is 5.22. The summed E-state index contributed by atoms with van der Waals surface area (Å²) in [6.45, 7) is 1.90. The van der Waals surface area contributed by atoms with E-state index in [0.717, 1.165) is 10.6 Å². The van der Waals surface area contributed by atoms with Gasteiger partial charge >= 0.3 is 6.30 Å². The van der Waals surface area contributed by atoms with Crippen LogP contribution in [0.4, 0.5) is 18.9 Å². The average molecular weight is 316 g/mol. The monoisotopic (exact) mass is 316 g/mol. The predicted molar refractivity (Wildman–Crippen MR) is 85.1 cm³/mol. The molecule has 0 radical (unpaired) electrons. The molecule has 0 saturated heterocycles. The average Bonchev–Trinajstić information content (AvgIpc) is 2.55. The minimum Gasteiger partial charge on any atom is -0.254 e. The molecule has 2 aromatic rings. The van der Waals surface area contributed by atoms with Gasteiger partial charge in [-0.05, 0) is 31.2 Å². The summed E-state index contributed by atoms with van der Waals surface area (Å²) >= 11 is 0. The molecule has 0 fully saturated rings. The van der Waals surface area contributed by atoms with E-state index < -0.39 is 6.30 Å². The number of hydrazine groups is 1. The fourth-order valence-electron chi connectivity index (χ4n) is 2.45. The third kappa shape index (κ3) is 3.08. The van der Waals surface area contributed by atoms with E-state index in [0.29, 0.717) is 16.3 Å². The number of para-hydroxylation sites is 1. The maximum absolute atomic E-state index is 13.7. The van der Waals surface area contributed by atoms with Crippen molar-refractivity contribution < 1.29 is 13.2 Å². The lowest BCUT2D eigenvalue weighted by Crippen LogP contribution is -2.48. The molecule has 23 heavy (non-hydrogen) atoms. The van der Waals surface area contributed by atoms with Crippen LogP contribution in [0.3, 0.4) is 0 Å². The second-order valence-electron chi connectivity index (χ2n) is 5.22. The molecule has 0 spiro atoms. The van der Waals surface area contributed by atoms with Gasteiger partial charge in [-0.25, -0.2) is 0 Å². The zero-order valence-electron chi connectivity index (χ0n) is 12.5. The number of rotatable bonds is 2. The van der Waals surface area contributed by atoms with Crippen LogP contribution in [0.15, 0.2) is 72.9 Å². The van der Waals surface area contributed by atoms with Crippen molar-refractivity contribution >= 4 is 11.4 Å². The number of allylic oxidation sites excluding steroid dienone is 2. The minimum absolute atomic E-state index is 0.0869. The highest BCUT2D eigenvalue weighted by Gasteiger charge is 2.43. The first-order valence-electron chi connectivity index (χ1n) is 7.13. The van der Waals surface area contributed by atoms with Gasteiger partial charge in [-0.15, -0.1) is 13.2 Å². The number of aryl methyl sites for hydroxylation is 1. The summed E-state index contributed by atoms with van der Waals surface area (Å²) in [5.41, 5.74) is 2.04. The molecular weight excluding hydrogens is 301 g/mol. The number of alkyl halides is 3. The maximum atomic E-state index is 13.7. The SMILES string of the molecule is Cc1ccc(C2=CC=CN(c3ccccc3)N2C(F)(F)F)cc1. The van der Waals surface area contributed by atoms with Crippen LogP contribution >= 0.6 is 0 Å². The molecule has 1 heterocycles. The van der Waals surface area contributed by atoms with Crippen LogP contribution in [0.5, 0.6) is 0 Å². The van der Waals surface area contributed by atoms with Crippen LogP contribution in [0, 0.1) is 6.92 Å². The van der Waals surface area contributed by atoms with E-state index in [1.54, 1.807) is 60.7 Å². The van der Waals surface area contributed by atoms with Gasteiger partial charge in [0.25, 0.3) is 0 Å². The summed E-state index contributed by atoms with van der Waals surface area (Å²) in [6, 6.07) is 15.5. The Kier molecular flexibility index (Phi) is 3.86. The van der Waals surface area contributed by atoms with Crippen LogP contribution in [0.25, 0.3) is 5.70 Å². The first kappa shape index (κ1) is 15.2. The van der Waals surface area contributed by atoms with Gasteiger partial charge in [0.2, 0.25) is 0 Å². The molecule has 2 aromatic carbocycles. The minimum atomic E-state index is -4.54. The van der Waals surface area contributed by atoms with Gasteiger partial charge < -0.3 is 0 Å². The second kappa shape index (κ2) is 5.83. The topological polar surface area (TPSA) is 6.48 Å². The number of anilines is 1. The molecule has 0 atom stereocenters. The van der Waals surface area contributed by atoms with Crippen molar-refractivity contribution in [1.29, 1.82) is 0 Å². The van der Waals surface area contributed by atoms with Gasteiger partial charge in [0, 0.05) is 11.8 Å². The number of nitrogens with zero attached hydrogens (tertiary/aromatic N) is 2. The third-order valence-corrected chi connectivity index (χ3v) is 3.53. The van der Waals surface area contributed by atoms with E-state index in [4.69, 9.17) is 0 Å². The lowest BCUT2D eigenvalue weighted by Gasteiger charge is -2.39. The van der Waals surface area contributed by atoms with Gasteiger partial charge in [-0.1, -0.05) is 48.0 Å². The van der Waals surface area contributed by atoms with Crippen LogP contribution < -0.4 is 5.01 Å². The molecule has 0 unspecified atom stereocenters. The van der Waals surface area contributed by atoms with Crippen LogP contribution in [-0.4, -0.2) is 11.3 Å². The van der Waals surface area contributed by atoms with Gasteiger partial charge in [-0.3, -0.25) is 5.01 Å². The molecule has 3 rings (SSSR count). The predicted octanol–water partition coefficient (Wildman–Crippen LogP) is 5.11. The highest BCUT2D eigenvalue weighted by atomic mass is 19.4. The largest absolute Gasteiger partial charge is 0.503 e. The van der Waals surface area contributed by atoms with Crippen LogP contribution in [0.1, 0.15) is 11.1 Å². The van der Waals surface area contributed by atoms with Gasteiger partial charge in [0.05, 0.1) is 11.4 Å². The summed E-state index contributed by atoms with van der Waals surface area (Å²) in [7, 11) is 0. The van der Waals surface area contributed by atoms with E-state index in [-0.39, 0.29) is 5.70 Å². The number of benzene rings is 2. The quantitative estimate of drug-likeness (QED) is 0.711. The Bertz CT molecular complexity index is 731. The van der Waals surface area contributed by atoms with Gasteiger partial charge in [-0.2, -0.15) is 5.01 Å². The summed E-state index contributed by atoms with van der Waals surface area (Å²) in [5, 5.41) is 1.46. The highest BCUT2D eigenvalue weighted by molar-refractivity contribution is 5.70. The molecule has 0 N–H and O–H groups in total. The standard InChI is InChI=1S/C18H15F3N2/c1-14-9-11-15(12-10-14)17-8-5-13-22(23(17)18(19,20)21)16-6-3-2-4-7-16/h2-13H,1H3. The number of hydrogen-bond acceptors (Lipinski definition) is 2. The molecular formula is C18H15F3N2. The molecule has 2 nitrogen and oxygen atoms in total. The van der Waals surface area contributed by atoms with Crippen molar-refractivity contribution in [2.24, 2.45) is 0 Å². The van der Waals surface area contributed by atoms with E-state index in [1.165, 1.54) is 12.3 Å². The lowest BCUT2D eigenvalue weighted by molar-refractivity contribution is -0.223. The van der Waals surface area contributed by atoms with E-state index in [1.807, 2.05) is 6.92 Å². The Morgan fingerprint density at radius 1 is 0.870 bits per heavy atom. The molecule has 0 aliphatic carbocycles. The number of hydrogen-bond donors (Lipinski definition) is 0. The van der Waals surface area contributed by atoms with Crippen molar-refractivity contribution in [1.82, 2.24) is 5.01 Å². The molecule has 1 aliphatic rings. The molecule has 0 saturated carbocycles. The molecule has 0 bridgehead atoms. The molecule has 1 aliphatic heterocycles. The smallest absolute Gasteiger partial charge is 0.254 e. The van der Waals surface area contributed by atoms with Crippen LogP contribution in [0.2, 0.25) is 0 Å². The van der Waals surface area contributed by atoms with E-state index in [2.05, 4.69) is 0 Å². The zero-order valence-corrected chi connectivity index (χ0v) is 12.5. The van der Waals surface area contributed by atoms with Gasteiger partial charge in [0.15, 0.2) is 0 Å². The highest BCUT2D eigenvalue weighted by Crippen LogP contribution is 2.37. The van der Waals surface area contributed by atoms with Crippen molar-refractivity contribution in [2.75, 3.05) is 5.01 Å². The Labute approximate surface area is 132 Å². The Morgan fingerprint density at radius 2 is 1.52 bits per heavy atom. The first-order chi connectivity index (χ1) is 11.0. The number of halogens is 3. The zero-order chi connectivity index (χ0) is 16.4. The lowest BCUT2D eigenvalue weighted by atomic mass is 10.1. The van der Waals surface area contributed by atoms with E-state index >= 15 is 0 Å². The molecule has 5 heteroatoms. The Morgan fingerprint density at radius 3 is 2.13 bits per heavy atom. The van der Waals surface area contributed by atoms with Gasteiger partial charge in [0.1, 0.15) is 0 Å². The van der Waals surface area contributed by atoms with E-state index in [9.17, 15) is 13.2 Å². The summed E-state index contributed by atoms with van der Waals surface area (Å²) < 4.78 is 41.1. The first-order valence-corrected chi connectivity index (χ1v) is 7.13. The third-order valence-electron chi connectivity index (χ3n) is 3.53. The fraction of sp³-hybridized carbons (Fsp3) is 0.111. The summed E-state index contributed by atoms with van der Waals surface area (Å²) in [4.78, 5) is 0. The van der Waals surface area contributed by atoms with Crippen molar-refractivity contribution in [2.45, 2.75) is 13.2 Å². The fourth-order valence-corrected chi connectivity index (χ4v) is 2.45. The summed E-state index contributed by atoms with van der Waals surface area (Å²) in [5.74, 6) is 0. The van der Waals surface area contributed by atoms with Crippen molar-refractivity contribution in [3.63, 3.8) is 0 Å². The Balaban J connectivity index is 2.07. The normalized spacial score (nSPS) is 14.9.